The van der Waals surface area contributed by atoms with Gasteiger partial charge in [0, 0.05) is 6.42 Å². The van der Waals surface area contributed by atoms with Crippen molar-refractivity contribution in [1.29, 1.82) is 0 Å². The largest absolute Gasteiger partial charge is 0.390 e. The molecule has 1 nitrogen and oxygen atoms in total. The highest BCUT2D eigenvalue weighted by Crippen LogP contribution is 2.23. The van der Waals surface area contributed by atoms with Crippen molar-refractivity contribution < 1.29 is 13.9 Å². The quantitative estimate of drug-likeness (QED) is 0.653. The number of aliphatic hydroxyl groups excluding tert-OH is 1. The van der Waals surface area contributed by atoms with Gasteiger partial charge in [-0.15, -0.1) is 0 Å². The normalized spacial score (nSPS) is 15.3. The van der Waals surface area contributed by atoms with Crippen molar-refractivity contribution >= 4 is 0 Å². The summed E-state index contributed by atoms with van der Waals surface area (Å²) in [7, 11) is 0. The Kier molecular flexibility index (Phi) is 3.79. The molecular formula is C7H14F2O. The molecule has 0 rings (SSSR count). The van der Waals surface area contributed by atoms with Gasteiger partial charge in [-0.05, 0) is 5.92 Å². The topological polar surface area (TPSA) is 20.2 Å². The number of hydrogen-bond acceptors (Lipinski definition) is 1. The van der Waals surface area contributed by atoms with Gasteiger partial charge in [0.1, 0.15) is 6.61 Å². The summed E-state index contributed by atoms with van der Waals surface area (Å²) in [5.41, 5.74) is 0. The van der Waals surface area contributed by atoms with Crippen molar-refractivity contribution in [3.8, 4) is 0 Å². The maximum atomic E-state index is 12.3. The van der Waals surface area contributed by atoms with Crippen LogP contribution in [0.3, 0.4) is 0 Å². The predicted molar refractivity (Wildman–Crippen MR) is 36.1 cm³/mol. The Labute approximate surface area is 60.1 Å². The average molecular weight is 152 g/mol. The zero-order valence-electron chi connectivity index (χ0n) is 6.40. The van der Waals surface area contributed by atoms with E-state index in [-0.39, 0.29) is 12.3 Å². The van der Waals surface area contributed by atoms with Crippen LogP contribution in [0.1, 0.15) is 26.7 Å². The first-order valence-corrected chi connectivity index (χ1v) is 3.50. The standard InChI is InChI=1S/C7H14F2O/c1-3-6(2)4-7(8,9)5-10/h6,10H,3-5H2,1-2H3. The fraction of sp³-hybridized carbons (Fsp3) is 1.00. The molecule has 0 aliphatic heterocycles. The van der Waals surface area contributed by atoms with Gasteiger partial charge >= 0.3 is 0 Å². The van der Waals surface area contributed by atoms with Crippen LogP contribution < -0.4 is 0 Å². The highest BCUT2D eigenvalue weighted by atomic mass is 19.3. The summed E-state index contributed by atoms with van der Waals surface area (Å²) >= 11 is 0. The number of hydrogen-bond donors (Lipinski definition) is 1. The van der Waals surface area contributed by atoms with E-state index in [2.05, 4.69) is 0 Å². The SMILES string of the molecule is CCC(C)CC(F)(F)CO. The van der Waals surface area contributed by atoms with E-state index in [0.717, 1.165) is 6.42 Å². The lowest BCUT2D eigenvalue weighted by atomic mass is 10.0. The molecule has 1 unspecified atom stereocenters. The first kappa shape index (κ1) is 9.82. The molecule has 0 aromatic carbocycles. The minimum atomic E-state index is -2.88. The zero-order chi connectivity index (χ0) is 8.20. The molecule has 0 aromatic heterocycles. The van der Waals surface area contributed by atoms with Gasteiger partial charge in [-0.1, -0.05) is 20.3 Å². The fourth-order valence-electron chi connectivity index (χ4n) is 0.719. The van der Waals surface area contributed by atoms with Crippen LogP contribution in [-0.4, -0.2) is 17.6 Å². The maximum absolute atomic E-state index is 12.3. The van der Waals surface area contributed by atoms with Crippen LogP contribution in [0.5, 0.6) is 0 Å². The predicted octanol–water partition coefficient (Wildman–Crippen LogP) is 2.05. The smallest absolute Gasteiger partial charge is 0.270 e. The molecule has 0 bridgehead atoms. The van der Waals surface area contributed by atoms with E-state index >= 15 is 0 Å². The highest BCUT2D eigenvalue weighted by Gasteiger charge is 2.29. The summed E-state index contributed by atoms with van der Waals surface area (Å²) in [6.07, 6.45) is 0.523. The van der Waals surface area contributed by atoms with Gasteiger partial charge in [-0.3, -0.25) is 0 Å². The molecular weight excluding hydrogens is 138 g/mol. The lowest BCUT2D eigenvalue weighted by molar-refractivity contribution is -0.0664. The molecule has 10 heavy (non-hydrogen) atoms. The Morgan fingerprint density at radius 1 is 1.50 bits per heavy atom. The summed E-state index contributed by atoms with van der Waals surface area (Å²) in [6, 6.07) is 0. The highest BCUT2D eigenvalue weighted by molar-refractivity contribution is 4.67. The van der Waals surface area contributed by atoms with Crippen LogP contribution in [0.4, 0.5) is 8.78 Å². The van der Waals surface area contributed by atoms with E-state index in [1.807, 2.05) is 6.92 Å². The average Bonchev–Trinajstić information content (AvgIpc) is 1.87. The summed E-state index contributed by atoms with van der Waals surface area (Å²) in [5.74, 6) is -2.89. The molecule has 0 heterocycles. The van der Waals surface area contributed by atoms with E-state index in [1.165, 1.54) is 0 Å². The van der Waals surface area contributed by atoms with Crippen molar-refractivity contribution in [3.63, 3.8) is 0 Å². The van der Waals surface area contributed by atoms with E-state index in [0.29, 0.717) is 0 Å². The Balaban J connectivity index is 3.64. The minimum Gasteiger partial charge on any atom is -0.390 e. The number of rotatable bonds is 4. The number of halogens is 2. The third-order valence-electron chi connectivity index (χ3n) is 1.58. The maximum Gasteiger partial charge on any atom is 0.270 e. The second-order valence-corrected chi connectivity index (χ2v) is 2.73. The van der Waals surface area contributed by atoms with Crippen LogP contribution in [0.15, 0.2) is 0 Å². The molecule has 0 aliphatic carbocycles. The van der Waals surface area contributed by atoms with Gasteiger partial charge in [0.25, 0.3) is 5.92 Å². The van der Waals surface area contributed by atoms with Crippen molar-refractivity contribution in [2.75, 3.05) is 6.61 Å². The van der Waals surface area contributed by atoms with E-state index < -0.39 is 12.5 Å². The van der Waals surface area contributed by atoms with Crippen molar-refractivity contribution in [2.24, 2.45) is 5.92 Å². The third-order valence-corrected chi connectivity index (χ3v) is 1.58. The van der Waals surface area contributed by atoms with Gasteiger partial charge in [0.2, 0.25) is 0 Å². The molecule has 62 valence electrons. The van der Waals surface area contributed by atoms with Gasteiger partial charge in [-0.25, -0.2) is 8.78 Å². The molecule has 3 heteroatoms. The van der Waals surface area contributed by atoms with Crippen LogP contribution in [0.2, 0.25) is 0 Å². The van der Waals surface area contributed by atoms with Gasteiger partial charge in [0.05, 0.1) is 0 Å². The summed E-state index contributed by atoms with van der Waals surface area (Å²) in [4.78, 5) is 0. The molecule has 0 aromatic rings. The molecule has 0 saturated heterocycles. The summed E-state index contributed by atoms with van der Waals surface area (Å²) in [6.45, 7) is 2.58. The lowest BCUT2D eigenvalue weighted by Crippen LogP contribution is -2.23. The third kappa shape index (κ3) is 3.77. The second kappa shape index (κ2) is 3.86. The molecule has 0 saturated carbocycles. The van der Waals surface area contributed by atoms with Gasteiger partial charge < -0.3 is 5.11 Å². The van der Waals surface area contributed by atoms with Crippen molar-refractivity contribution in [3.05, 3.63) is 0 Å². The van der Waals surface area contributed by atoms with E-state index in [9.17, 15) is 8.78 Å². The summed E-state index contributed by atoms with van der Waals surface area (Å²) in [5, 5.41) is 8.19. The first-order chi connectivity index (χ1) is 4.52. The van der Waals surface area contributed by atoms with Gasteiger partial charge in [0.15, 0.2) is 0 Å². The second-order valence-electron chi connectivity index (χ2n) is 2.73. The van der Waals surface area contributed by atoms with Crippen LogP contribution in [0.25, 0.3) is 0 Å². The molecule has 0 fully saturated rings. The molecule has 0 aliphatic rings. The van der Waals surface area contributed by atoms with Crippen LogP contribution in [-0.2, 0) is 0 Å². The number of alkyl halides is 2. The Hall–Kier alpha value is -0.180. The molecule has 1 atom stereocenters. The van der Waals surface area contributed by atoms with E-state index in [4.69, 9.17) is 5.11 Å². The Morgan fingerprint density at radius 3 is 2.30 bits per heavy atom. The fourth-order valence-corrected chi connectivity index (χ4v) is 0.719. The molecule has 0 amide bonds. The Bertz CT molecular complexity index is 93.6. The molecule has 0 spiro atoms. The number of aliphatic hydroxyl groups is 1. The first-order valence-electron chi connectivity index (χ1n) is 3.50. The zero-order valence-corrected chi connectivity index (χ0v) is 6.40. The van der Waals surface area contributed by atoms with Gasteiger partial charge in [-0.2, -0.15) is 0 Å². The van der Waals surface area contributed by atoms with Crippen LogP contribution >= 0.6 is 0 Å². The minimum absolute atomic E-state index is 0.0119. The van der Waals surface area contributed by atoms with Crippen molar-refractivity contribution in [1.82, 2.24) is 0 Å². The molecule has 0 radical (unpaired) electrons. The van der Waals surface area contributed by atoms with Crippen molar-refractivity contribution in [2.45, 2.75) is 32.6 Å². The lowest BCUT2D eigenvalue weighted by Gasteiger charge is -2.16. The Morgan fingerprint density at radius 2 is 2.00 bits per heavy atom. The van der Waals surface area contributed by atoms with Crippen LogP contribution in [0, 0.1) is 5.92 Å². The molecule has 1 N–H and O–H groups in total. The monoisotopic (exact) mass is 152 g/mol. The summed E-state index contributed by atoms with van der Waals surface area (Å²) < 4.78 is 24.7. The van der Waals surface area contributed by atoms with E-state index in [1.54, 1.807) is 6.92 Å².